The maximum Gasteiger partial charge on any atom is 0.155 e. The van der Waals surface area contributed by atoms with Crippen LogP contribution < -0.4 is 0 Å². The maximum atomic E-state index is 12.0. The monoisotopic (exact) mass is 416 g/mol. The van der Waals surface area contributed by atoms with E-state index >= 15 is 0 Å². The van der Waals surface area contributed by atoms with Crippen molar-refractivity contribution in [3.05, 3.63) is 11.6 Å². The average Bonchev–Trinajstić information content (AvgIpc) is 3.07. The van der Waals surface area contributed by atoms with Crippen LogP contribution in [0.25, 0.3) is 0 Å². The zero-order valence-electron chi connectivity index (χ0n) is 20.7. The summed E-state index contributed by atoms with van der Waals surface area (Å²) in [5.74, 6) is 4.13. The second-order valence-corrected chi connectivity index (χ2v) is 11.5. The second-order valence-electron chi connectivity index (χ2n) is 11.5. The van der Waals surface area contributed by atoms with E-state index < -0.39 is 5.60 Å². The maximum absolute atomic E-state index is 12.0. The quantitative estimate of drug-likeness (QED) is 0.509. The molecular formula is C28H48O2. The van der Waals surface area contributed by atoms with Gasteiger partial charge in [-0.3, -0.25) is 4.79 Å². The van der Waals surface area contributed by atoms with Crippen molar-refractivity contribution >= 4 is 5.78 Å². The molecule has 4 aliphatic rings. The minimum Gasteiger partial charge on any atom is -0.389 e. The van der Waals surface area contributed by atoms with E-state index in [1.807, 2.05) is 19.9 Å². The van der Waals surface area contributed by atoms with Gasteiger partial charge in [0.2, 0.25) is 0 Å². The molecule has 172 valence electrons. The first-order valence-corrected chi connectivity index (χ1v) is 13.2. The van der Waals surface area contributed by atoms with Crippen LogP contribution in [0.1, 0.15) is 112 Å². The lowest BCUT2D eigenvalue weighted by molar-refractivity contribution is -0.137. The van der Waals surface area contributed by atoms with Crippen LogP contribution in [-0.4, -0.2) is 16.5 Å². The number of allylic oxidation sites excluding steroid dienone is 1. The molecule has 3 fully saturated rings. The summed E-state index contributed by atoms with van der Waals surface area (Å²) in [6.45, 7) is 13.5. The molecule has 4 aliphatic carbocycles. The number of fused-ring (bicyclic) bond motifs is 5. The molecule has 0 aromatic carbocycles. The lowest BCUT2D eigenvalue weighted by Gasteiger charge is -2.57. The molecular weight excluding hydrogens is 368 g/mol. The van der Waals surface area contributed by atoms with Crippen molar-refractivity contribution in [2.24, 2.45) is 40.9 Å². The number of hydrogen-bond donors (Lipinski definition) is 1. The highest BCUT2D eigenvalue weighted by Gasteiger charge is 2.60. The van der Waals surface area contributed by atoms with E-state index in [9.17, 15) is 9.90 Å². The molecule has 4 rings (SSSR count). The van der Waals surface area contributed by atoms with Gasteiger partial charge in [0.15, 0.2) is 5.78 Å². The van der Waals surface area contributed by atoms with Crippen LogP contribution in [0.5, 0.6) is 0 Å². The first-order valence-electron chi connectivity index (χ1n) is 13.2. The summed E-state index contributed by atoms with van der Waals surface area (Å²) < 4.78 is 0. The van der Waals surface area contributed by atoms with E-state index in [2.05, 4.69) is 27.7 Å². The lowest BCUT2D eigenvalue weighted by Crippen LogP contribution is -2.55. The van der Waals surface area contributed by atoms with Crippen molar-refractivity contribution in [3.8, 4) is 0 Å². The van der Waals surface area contributed by atoms with Gasteiger partial charge in [-0.2, -0.15) is 0 Å². The molecule has 0 spiro atoms. The molecule has 0 amide bonds. The molecule has 2 heteroatoms. The molecule has 1 N–H and O–H groups in total. The second kappa shape index (κ2) is 9.47. The molecule has 0 heterocycles. The van der Waals surface area contributed by atoms with Crippen LogP contribution in [0.15, 0.2) is 11.6 Å². The molecule has 0 aromatic heterocycles. The third kappa shape index (κ3) is 4.19. The van der Waals surface area contributed by atoms with Crippen molar-refractivity contribution in [3.63, 3.8) is 0 Å². The van der Waals surface area contributed by atoms with Gasteiger partial charge >= 0.3 is 0 Å². The first kappa shape index (κ1) is 24.0. The molecule has 7 atom stereocenters. The van der Waals surface area contributed by atoms with Crippen molar-refractivity contribution in [2.75, 3.05) is 0 Å². The molecule has 7 unspecified atom stereocenters. The zero-order chi connectivity index (χ0) is 22.1. The van der Waals surface area contributed by atoms with Crippen LogP contribution in [0.3, 0.4) is 0 Å². The van der Waals surface area contributed by atoms with Crippen LogP contribution in [0, 0.1) is 40.9 Å². The molecule has 0 aromatic rings. The Bertz CT molecular complexity index is 635. The Morgan fingerprint density at radius 2 is 1.73 bits per heavy atom. The minimum absolute atomic E-state index is 0.221. The number of rotatable bonds is 5. The van der Waals surface area contributed by atoms with Gasteiger partial charge in [0, 0.05) is 6.42 Å². The van der Waals surface area contributed by atoms with Gasteiger partial charge in [-0.05, 0) is 91.9 Å². The van der Waals surface area contributed by atoms with Gasteiger partial charge in [-0.1, -0.05) is 66.4 Å². The highest BCUT2D eigenvalue weighted by atomic mass is 16.3. The van der Waals surface area contributed by atoms with Crippen molar-refractivity contribution in [1.82, 2.24) is 0 Å². The minimum atomic E-state index is -0.416. The van der Waals surface area contributed by atoms with Crippen molar-refractivity contribution < 1.29 is 9.90 Å². The first-order chi connectivity index (χ1) is 14.3. The van der Waals surface area contributed by atoms with Crippen LogP contribution in [0.4, 0.5) is 0 Å². The number of carbonyl (C=O) groups is 1. The number of hydrogen-bond acceptors (Lipinski definition) is 2. The fourth-order valence-electron chi connectivity index (χ4n) is 8.07. The normalized spacial score (nSPS) is 41.2. The molecule has 0 bridgehead atoms. The predicted molar refractivity (Wildman–Crippen MR) is 126 cm³/mol. The van der Waals surface area contributed by atoms with E-state index in [0.717, 1.165) is 38.0 Å². The van der Waals surface area contributed by atoms with E-state index in [0.29, 0.717) is 35.4 Å². The lowest BCUT2D eigenvalue weighted by atomic mass is 9.48. The largest absolute Gasteiger partial charge is 0.389 e. The summed E-state index contributed by atoms with van der Waals surface area (Å²) in [6, 6.07) is 0. The van der Waals surface area contributed by atoms with Gasteiger partial charge in [0.1, 0.15) is 0 Å². The third-order valence-corrected chi connectivity index (χ3v) is 9.62. The van der Waals surface area contributed by atoms with Gasteiger partial charge in [0.25, 0.3) is 0 Å². The van der Waals surface area contributed by atoms with Gasteiger partial charge < -0.3 is 5.11 Å². The molecule has 0 aliphatic heterocycles. The zero-order valence-corrected chi connectivity index (χ0v) is 20.7. The summed E-state index contributed by atoms with van der Waals surface area (Å²) in [6.07, 6.45) is 14.6. The highest BCUT2D eigenvalue weighted by Crippen LogP contribution is 2.64. The Morgan fingerprint density at radius 1 is 1.00 bits per heavy atom. The number of ketones is 1. The van der Waals surface area contributed by atoms with Gasteiger partial charge in [-0.15, -0.1) is 0 Å². The van der Waals surface area contributed by atoms with Crippen LogP contribution in [0.2, 0.25) is 0 Å². The van der Waals surface area contributed by atoms with Crippen LogP contribution in [-0.2, 0) is 4.79 Å². The Balaban J connectivity index is 0.00000124. The third-order valence-electron chi connectivity index (χ3n) is 9.62. The summed E-state index contributed by atoms with van der Waals surface area (Å²) in [5.41, 5.74) is 1.24. The fraction of sp³-hybridized carbons (Fsp3) is 0.893. The van der Waals surface area contributed by atoms with E-state index in [4.69, 9.17) is 0 Å². The summed E-state index contributed by atoms with van der Waals surface area (Å²) in [7, 11) is 0. The van der Waals surface area contributed by atoms with Crippen molar-refractivity contribution in [1.29, 1.82) is 0 Å². The number of carbonyl (C=O) groups excluding carboxylic acids is 1. The molecule has 2 nitrogen and oxygen atoms in total. The topological polar surface area (TPSA) is 37.3 Å². The van der Waals surface area contributed by atoms with Gasteiger partial charge in [-0.25, -0.2) is 0 Å². The Kier molecular flexibility index (Phi) is 7.58. The van der Waals surface area contributed by atoms with E-state index in [-0.39, 0.29) is 5.41 Å². The van der Waals surface area contributed by atoms with E-state index in [1.54, 1.807) is 0 Å². The summed E-state index contributed by atoms with van der Waals surface area (Å²) in [4.78, 5) is 12.0. The SMILES string of the molecule is CC.CC(C)CCCC(C)C1CCC2C3CCC4=CC(=O)CCC4(C)C3CCC12O. The summed E-state index contributed by atoms with van der Waals surface area (Å²) >= 11 is 0. The highest BCUT2D eigenvalue weighted by molar-refractivity contribution is 5.91. The molecule has 0 radical (unpaired) electrons. The van der Waals surface area contributed by atoms with Crippen molar-refractivity contribution in [2.45, 2.75) is 118 Å². The standard InChI is InChI=1S/C26H42O2.C2H6/c1-17(2)6-5-7-18(3)22-10-11-24-21-9-8-19-16-20(27)12-14-25(19,4)23(21)13-15-26(22,24)28;1-2/h16-18,21-24,28H,5-15H2,1-4H3;1-2H3. The van der Waals surface area contributed by atoms with E-state index in [1.165, 1.54) is 44.1 Å². The Labute approximate surface area is 186 Å². The Hall–Kier alpha value is -0.630. The number of aliphatic hydroxyl groups is 1. The molecule has 3 saturated carbocycles. The average molecular weight is 417 g/mol. The summed E-state index contributed by atoms with van der Waals surface area (Å²) in [5, 5.41) is 11.9. The van der Waals surface area contributed by atoms with Gasteiger partial charge in [0.05, 0.1) is 5.60 Å². The molecule has 0 saturated heterocycles. The molecule has 30 heavy (non-hydrogen) atoms. The fourth-order valence-corrected chi connectivity index (χ4v) is 8.07. The predicted octanol–water partition coefficient (Wildman–Crippen LogP) is 7.35. The smallest absolute Gasteiger partial charge is 0.155 e. The van der Waals surface area contributed by atoms with Crippen LogP contribution >= 0.6 is 0 Å². The Morgan fingerprint density at radius 3 is 2.43 bits per heavy atom.